The Balaban J connectivity index is 3.29. The highest BCUT2D eigenvalue weighted by atomic mass is 32.3. The van der Waals surface area contributed by atoms with Gasteiger partial charge in [-0.05, 0) is 57.1 Å². The van der Waals surface area contributed by atoms with E-state index in [1.807, 2.05) is 48.5 Å². The third-order valence-electron chi connectivity index (χ3n) is 4.21. The minimum absolute atomic E-state index is 0.0143. The zero-order valence-electron chi connectivity index (χ0n) is 15.7. The number of hydrogen-bond acceptors (Lipinski definition) is 3. The fraction of sp³-hybridized carbons (Fsp3) is 0.611. The molecule has 0 aliphatic heterocycles. The van der Waals surface area contributed by atoms with Crippen molar-refractivity contribution >= 4 is 26.2 Å². The van der Waals surface area contributed by atoms with Crippen LogP contribution in [-0.4, -0.2) is 34.1 Å². The van der Waals surface area contributed by atoms with E-state index < -0.39 is 20.4 Å². The number of aryl methyl sites for hydroxylation is 1. The molecule has 0 saturated carbocycles. The Morgan fingerprint density at radius 3 is 1.79 bits per heavy atom. The molecule has 0 aliphatic carbocycles. The van der Waals surface area contributed by atoms with E-state index in [-0.39, 0.29) is 32.8 Å². The minimum Gasteiger partial charge on any atom is -0.298 e. The maximum atomic E-state index is 12.9. The Kier molecular flexibility index (Phi) is 7.08. The molecule has 24 heavy (non-hydrogen) atoms. The van der Waals surface area contributed by atoms with Crippen molar-refractivity contribution in [3.05, 3.63) is 29.8 Å². The van der Waals surface area contributed by atoms with Gasteiger partial charge in [-0.1, -0.05) is 31.5 Å². The third kappa shape index (κ3) is 4.83. The zero-order valence-corrected chi connectivity index (χ0v) is 17.4. The van der Waals surface area contributed by atoms with Crippen LogP contribution in [0.3, 0.4) is 0 Å². The Morgan fingerprint density at radius 1 is 0.958 bits per heavy atom. The van der Waals surface area contributed by atoms with Gasteiger partial charge in [-0.15, -0.1) is 8.42 Å². The van der Waals surface area contributed by atoms with Crippen LogP contribution in [0.4, 0.5) is 0 Å². The molecule has 0 aromatic heterocycles. The fourth-order valence-electron chi connectivity index (χ4n) is 2.41. The van der Waals surface area contributed by atoms with Gasteiger partial charge in [0, 0.05) is 16.4 Å². The average Bonchev–Trinajstić information content (AvgIpc) is 2.45. The maximum Gasteiger partial charge on any atom is 0.421 e. The van der Waals surface area contributed by atoms with Gasteiger partial charge >= 0.3 is 10.1 Å². The lowest BCUT2D eigenvalue weighted by Gasteiger charge is -2.40. The number of rotatable bonds is 8. The summed E-state index contributed by atoms with van der Waals surface area (Å²) in [7, 11) is -5.79. The van der Waals surface area contributed by atoms with Crippen molar-refractivity contribution in [2.75, 3.05) is 5.75 Å². The maximum absolute atomic E-state index is 12.9. The van der Waals surface area contributed by atoms with Crippen LogP contribution in [0, 0.1) is 12.8 Å². The van der Waals surface area contributed by atoms with Gasteiger partial charge in [-0.2, -0.15) is 0 Å². The molecule has 1 aromatic carbocycles. The molecule has 1 N–H and O–H groups in total. The van der Waals surface area contributed by atoms with E-state index in [1.165, 1.54) is 0 Å². The van der Waals surface area contributed by atoms with Crippen LogP contribution in [0.2, 0.25) is 0 Å². The molecule has 6 heteroatoms. The third-order valence-corrected chi connectivity index (χ3v) is 11.0. The molecule has 0 atom stereocenters. The lowest BCUT2D eigenvalue weighted by molar-refractivity contribution is -0.119. The van der Waals surface area contributed by atoms with Gasteiger partial charge in [0.25, 0.3) is 0 Å². The molecule has 0 amide bonds. The summed E-state index contributed by atoms with van der Waals surface area (Å²) in [6.45, 7) is 13.5. The normalized spacial score (nSPS) is 13.8. The van der Waals surface area contributed by atoms with Crippen LogP contribution in [0.5, 0.6) is 0 Å². The number of carbonyl (C=O) groups is 1. The second-order valence-corrected chi connectivity index (χ2v) is 12.8. The summed E-state index contributed by atoms with van der Waals surface area (Å²) in [4.78, 5) is 12.6. The highest BCUT2D eigenvalue weighted by Gasteiger charge is 2.45. The molecule has 0 aliphatic rings. The monoisotopic (exact) mass is 375 g/mol. The Labute approximate surface area is 148 Å². The molecule has 138 valence electrons. The van der Waals surface area contributed by atoms with E-state index in [0.717, 1.165) is 5.56 Å². The number of Topliss-reactive ketones (excluding diaryl/α,β-unsaturated/α-hetero) is 1. The first kappa shape index (κ1) is 21.2. The summed E-state index contributed by atoms with van der Waals surface area (Å²) in [5.74, 6) is 0.187. The van der Waals surface area contributed by atoms with Crippen molar-refractivity contribution in [1.29, 1.82) is 0 Å². The Hall–Kier alpha value is -0.850. The summed E-state index contributed by atoms with van der Waals surface area (Å²) >= 11 is 0. The molecule has 0 unspecified atom stereocenters. The average molecular weight is 376 g/mol. The van der Waals surface area contributed by atoms with Gasteiger partial charge in [-0.25, -0.2) is 0 Å². The minimum atomic E-state index is -3.79. The fourth-order valence-corrected chi connectivity index (χ4v) is 8.82. The molecular weight excluding hydrogens is 344 g/mol. The van der Waals surface area contributed by atoms with Gasteiger partial charge < -0.3 is 0 Å². The van der Waals surface area contributed by atoms with Crippen molar-refractivity contribution < 1.29 is 16.8 Å². The van der Waals surface area contributed by atoms with Crippen molar-refractivity contribution in [3.63, 3.8) is 0 Å². The van der Waals surface area contributed by atoms with Crippen LogP contribution in [0.25, 0.3) is 0 Å². The van der Waals surface area contributed by atoms with Gasteiger partial charge in [0.15, 0.2) is 0 Å². The lowest BCUT2D eigenvalue weighted by Crippen LogP contribution is -2.35. The first-order chi connectivity index (χ1) is 10.9. The quantitative estimate of drug-likeness (QED) is 0.495. The summed E-state index contributed by atoms with van der Waals surface area (Å²) in [5.41, 5.74) is 0.996. The first-order valence-electron chi connectivity index (χ1n) is 8.29. The number of benzene rings is 1. The highest BCUT2D eigenvalue weighted by Crippen LogP contribution is 2.57. The lowest BCUT2D eigenvalue weighted by atomic mass is 10.1. The molecule has 1 aromatic rings. The molecular formula is C18H31O4S2+. The number of carbonyl (C=O) groups excluding carboxylic acids is 1. The molecule has 0 saturated heterocycles. The van der Waals surface area contributed by atoms with Crippen molar-refractivity contribution in [2.24, 2.45) is 5.92 Å². The highest BCUT2D eigenvalue weighted by molar-refractivity contribution is 8.33. The van der Waals surface area contributed by atoms with E-state index >= 15 is 0 Å². The molecule has 0 spiro atoms. The van der Waals surface area contributed by atoms with Gasteiger partial charge in [0.2, 0.25) is 0 Å². The standard InChI is InChI=1S/C18H30O4S2/c1-13(2)18(19)12-23(14(3)4,15(5)6)22-24(20,21)17-10-8-16(7)9-11-17/h8-11,13-15H,12H2,1-7H3/p+1. The molecule has 0 heterocycles. The second kappa shape index (κ2) is 8.02. The van der Waals surface area contributed by atoms with Crippen molar-refractivity contribution in [2.45, 2.75) is 63.9 Å². The molecule has 0 radical (unpaired) electrons. The molecule has 1 rings (SSSR count). The molecule has 0 bridgehead atoms. The summed E-state index contributed by atoms with van der Waals surface area (Å²) in [6.07, 6.45) is 0. The van der Waals surface area contributed by atoms with Crippen LogP contribution < -0.4 is 0 Å². The van der Waals surface area contributed by atoms with Crippen molar-refractivity contribution in [3.8, 4) is 0 Å². The number of hydrogen-bond donors (Lipinski definition) is 0. The first-order valence-corrected chi connectivity index (χ1v) is 11.6. The Morgan fingerprint density at radius 2 is 1.42 bits per heavy atom. The second-order valence-electron chi connectivity index (χ2n) is 7.03. The van der Waals surface area contributed by atoms with Gasteiger partial charge in [0.05, 0.1) is 5.75 Å². The largest absolute Gasteiger partial charge is 0.421 e. The van der Waals surface area contributed by atoms with Crippen LogP contribution in [-0.2, 0) is 14.9 Å². The predicted octanol–water partition coefficient (Wildman–Crippen LogP) is 4.54. The van der Waals surface area contributed by atoms with Gasteiger partial charge in [0.1, 0.15) is 10.7 Å². The van der Waals surface area contributed by atoms with E-state index in [1.54, 1.807) is 24.3 Å². The summed E-state index contributed by atoms with van der Waals surface area (Å²) < 4.78 is 30.1. The van der Waals surface area contributed by atoms with E-state index in [4.69, 9.17) is 0 Å². The molecule has 0 fully saturated rings. The van der Waals surface area contributed by atoms with Crippen LogP contribution in [0.15, 0.2) is 29.2 Å². The van der Waals surface area contributed by atoms with E-state index in [0.29, 0.717) is 0 Å². The molecule has 4 nitrogen and oxygen atoms in total. The Bertz CT molecular complexity index is 651. The SMILES string of the molecule is Cc1ccc(S(=O)(=O)[OH+]S(CC(=O)C(C)C)(C(C)C)C(C)C)cc1. The van der Waals surface area contributed by atoms with Crippen molar-refractivity contribution in [1.82, 2.24) is 0 Å². The van der Waals surface area contributed by atoms with E-state index in [9.17, 15) is 13.2 Å². The van der Waals surface area contributed by atoms with Crippen LogP contribution in [0.1, 0.15) is 47.1 Å². The summed E-state index contributed by atoms with van der Waals surface area (Å²) in [5, 5.41) is 0.0286. The zero-order chi connectivity index (χ0) is 18.7. The van der Waals surface area contributed by atoms with E-state index in [2.05, 4.69) is 3.63 Å². The topological polar surface area (TPSA) is 64.0 Å². The van der Waals surface area contributed by atoms with Crippen LogP contribution >= 0.6 is 10.3 Å². The predicted molar refractivity (Wildman–Crippen MR) is 104 cm³/mol. The van der Waals surface area contributed by atoms with Gasteiger partial charge in [-0.3, -0.25) is 8.42 Å². The smallest absolute Gasteiger partial charge is 0.298 e. The summed E-state index contributed by atoms with van der Waals surface area (Å²) in [6, 6.07) is 6.71. The number of ketones is 1.